The fraction of sp³-hybridized carbons (Fsp3) is 0.462. The molecule has 1 aromatic carbocycles. The van der Waals surface area contributed by atoms with Crippen LogP contribution >= 0.6 is 11.6 Å². The van der Waals surface area contributed by atoms with Gasteiger partial charge in [-0.05, 0) is 43.5 Å². The van der Waals surface area contributed by atoms with Gasteiger partial charge in [0.2, 0.25) is 0 Å². The summed E-state index contributed by atoms with van der Waals surface area (Å²) >= 11 is 5.86. The zero-order valence-electron chi connectivity index (χ0n) is 9.51. The van der Waals surface area contributed by atoms with Crippen LogP contribution in [0.2, 0.25) is 5.02 Å². The van der Waals surface area contributed by atoms with Crippen molar-refractivity contribution in [3.8, 4) is 0 Å². The van der Waals surface area contributed by atoms with E-state index in [-0.39, 0.29) is 11.7 Å². The van der Waals surface area contributed by atoms with Crippen molar-refractivity contribution in [1.82, 2.24) is 0 Å². The fourth-order valence-electron chi connectivity index (χ4n) is 1.78. The van der Waals surface area contributed by atoms with Gasteiger partial charge < -0.3 is 0 Å². The van der Waals surface area contributed by atoms with Gasteiger partial charge in [0.05, 0.1) is 0 Å². The molecule has 0 heterocycles. The summed E-state index contributed by atoms with van der Waals surface area (Å²) in [5, 5.41) is 0.689. The van der Waals surface area contributed by atoms with Gasteiger partial charge in [0, 0.05) is 16.5 Å². The largest absolute Gasteiger partial charge is 0.294 e. The van der Waals surface area contributed by atoms with Crippen LogP contribution in [0.25, 0.3) is 0 Å². The number of benzene rings is 1. The predicted molar refractivity (Wildman–Crippen MR) is 64.6 cm³/mol. The summed E-state index contributed by atoms with van der Waals surface area (Å²) in [6, 6.07) is 5.46. The summed E-state index contributed by atoms with van der Waals surface area (Å²) in [7, 11) is 0. The number of rotatable bonds is 4. The maximum Gasteiger partial charge on any atom is 0.166 e. The van der Waals surface area contributed by atoms with E-state index in [1.807, 2.05) is 19.1 Å². The lowest BCUT2D eigenvalue weighted by Gasteiger charge is -2.12. The molecule has 0 aliphatic heterocycles. The minimum Gasteiger partial charge on any atom is -0.294 e. The molecule has 1 rings (SSSR count). The number of ketones is 1. The van der Waals surface area contributed by atoms with Gasteiger partial charge in [-0.1, -0.05) is 25.4 Å². The molecule has 0 aliphatic rings. The number of hydrogen-bond donors (Lipinski definition) is 0. The van der Waals surface area contributed by atoms with Gasteiger partial charge in [-0.2, -0.15) is 0 Å². The standard InChI is InChI=1S/C13H17ClO/c1-4-10(5-2)13(15)12-7-6-11(14)8-9(12)3/h6-8,10H,4-5H2,1-3H3. The van der Waals surface area contributed by atoms with Crippen molar-refractivity contribution < 1.29 is 4.79 Å². The molecule has 0 atom stereocenters. The first kappa shape index (κ1) is 12.3. The van der Waals surface area contributed by atoms with Crippen LogP contribution in [-0.4, -0.2) is 5.78 Å². The van der Waals surface area contributed by atoms with Crippen molar-refractivity contribution in [2.75, 3.05) is 0 Å². The minimum atomic E-state index is 0.143. The molecular weight excluding hydrogens is 208 g/mol. The second-order valence-electron chi connectivity index (χ2n) is 3.84. The lowest BCUT2D eigenvalue weighted by molar-refractivity contribution is 0.0913. The maximum absolute atomic E-state index is 12.1. The van der Waals surface area contributed by atoms with Crippen LogP contribution in [0.15, 0.2) is 18.2 Å². The molecule has 1 nitrogen and oxygen atoms in total. The number of carbonyl (C=O) groups excluding carboxylic acids is 1. The molecule has 0 unspecified atom stereocenters. The van der Waals surface area contributed by atoms with E-state index in [1.54, 1.807) is 6.07 Å². The Labute approximate surface area is 96.5 Å². The fourth-order valence-corrected chi connectivity index (χ4v) is 2.01. The summed E-state index contributed by atoms with van der Waals surface area (Å²) in [6.45, 7) is 6.04. The monoisotopic (exact) mass is 224 g/mol. The van der Waals surface area contributed by atoms with Crippen LogP contribution in [0.4, 0.5) is 0 Å². The van der Waals surface area contributed by atoms with Crippen LogP contribution in [0.5, 0.6) is 0 Å². The summed E-state index contributed by atoms with van der Waals surface area (Å²) < 4.78 is 0. The van der Waals surface area contributed by atoms with E-state index in [2.05, 4.69) is 13.8 Å². The third kappa shape index (κ3) is 2.82. The summed E-state index contributed by atoms with van der Waals surface area (Å²) in [4.78, 5) is 12.1. The van der Waals surface area contributed by atoms with Crippen LogP contribution in [-0.2, 0) is 0 Å². The average Bonchev–Trinajstić information content (AvgIpc) is 2.19. The number of hydrogen-bond acceptors (Lipinski definition) is 1. The first-order valence-corrected chi connectivity index (χ1v) is 5.78. The Balaban J connectivity index is 3.00. The zero-order chi connectivity index (χ0) is 11.4. The number of Topliss-reactive ketones (excluding diaryl/α,β-unsaturated/α-hetero) is 1. The molecule has 0 aliphatic carbocycles. The normalized spacial score (nSPS) is 10.7. The maximum atomic E-state index is 12.1. The second-order valence-corrected chi connectivity index (χ2v) is 4.27. The van der Waals surface area contributed by atoms with Gasteiger partial charge in [-0.3, -0.25) is 4.79 Å². The van der Waals surface area contributed by atoms with Crippen LogP contribution in [0, 0.1) is 12.8 Å². The highest BCUT2D eigenvalue weighted by Gasteiger charge is 2.17. The van der Waals surface area contributed by atoms with Crippen molar-refractivity contribution in [1.29, 1.82) is 0 Å². The second kappa shape index (κ2) is 5.32. The molecule has 0 fully saturated rings. The summed E-state index contributed by atoms with van der Waals surface area (Å²) in [5.41, 5.74) is 1.78. The van der Waals surface area contributed by atoms with Crippen molar-refractivity contribution in [3.05, 3.63) is 34.3 Å². The Morgan fingerprint density at radius 1 is 1.33 bits per heavy atom. The van der Waals surface area contributed by atoms with Gasteiger partial charge in [-0.15, -0.1) is 0 Å². The Hall–Kier alpha value is -0.820. The third-order valence-corrected chi connectivity index (χ3v) is 3.05. The average molecular weight is 225 g/mol. The van der Waals surface area contributed by atoms with E-state index in [0.717, 1.165) is 24.0 Å². The third-order valence-electron chi connectivity index (χ3n) is 2.81. The molecule has 0 saturated carbocycles. The molecule has 0 N–H and O–H groups in total. The van der Waals surface area contributed by atoms with Gasteiger partial charge in [0.25, 0.3) is 0 Å². The molecule has 15 heavy (non-hydrogen) atoms. The summed E-state index contributed by atoms with van der Waals surface area (Å²) in [5.74, 6) is 0.388. The van der Waals surface area contributed by atoms with Crippen molar-refractivity contribution in [2.24, 2.45) is 5.92 Å². The smallest absolute Gasteiger partial charge is 0.166 e. The summed E-state index contributed by atoms with van der Waals surface area (Å²) in [6.07, 6.45) is 1.80. The molecule has 0 bridgehead atoms. The molecular formula is C13H17ClO. The topological polar surface area (TPSA) is 17.1 Å². The van der Waals surface area contributed by atoms with Crippen molar-refractivity contribution in [2.45, 2.75) is 33.6 Å². The Kier molecular flexibility index (Phi) is 4.34. The van der Waals surface area contributed by atoms with Crippen molar-refractivity contribution in [3.63, 3.8) is 0 Å². The molecule has 0 spiro atoms. The van der Waals surface area contributed by atoms with E-state index >= 15 is 0 Å². The molecule has 0 amide bonds. The number of carbonyl (C=O) groups is 1. The molecule has 2 heteroatoms. The van der Waals surface area contributed by atoms with E-state index in [9.17, 15) is 4.79 Å². The lowest BCUT2D eigenvalue weighted by atomic mass is 9.91. The first-order chi connectivity index (χ1) is 7.10. The van der Waals surface area contributed by atoms with Crippen LogP contribution in [0.3, 0.4) is 0 Å². The highest BCUT2D eigenvalue weighted by molar-refractivity contribution is 6.30. The highest BCUT2D eigenvalue weighted by Crippen LogP contribution is 2.21. The molecule has 0 saturated heterocycles. The molecule has 0 radical (unpaired) electrons. The van der Waals surface area contributed by atoms with Crippen LogP contribution < -0.4 is 0 Å². The van der Waals surface area contributed by atoms with Crippen LogP contribution in [0.1, 0.15) is 42.6 Å². The van der Waals surface area contributed by atoms with E-state index in [0.29, 0.717) is 5.02 Å². The molecule has 82 valence electrons. The van der Waals surface area contributed by atoms with Gasteiger partial charge in [0.15, 0.2) is 5.78 Å². The zero-order valence-corrected chi connectivity index (χ0v) is 10.3. The minimum absolute atomic E-state index is 0.143. The predicted octanol–water partition coefficient (Wildman–Crippen LogP) is 4.27. The van der Waals surface area contributed by atoms with Gasteiger partial charge in [-0.25, -0.2) is 0 Å². The SMILES string of the molecule is CCC(CC)C(=O)c1ccc(Cl)cc1C. The Morgan fingerprint density at radius 3 is 2.40 bits per heavy atom. The molecule has 1 aromatic rings. The van der Waals surface area contributed by atoms with E-state index in [1.165, 1.54) is 0 Å². The van der Waals surface area contributed by atoms with E-state index < -0.39 is 0 Å². The Morgan fingerprint density at radius 2 is 1.93 bits per heavy atom. The molecule has 0 aromatic heterocycles. The first-order valence-electron chi connectivity index (χ1n) is 5.40. The highest BCUT2D eigenvalue weighted by atomic mass is 35.5. The van der Waals surface area contributed by atoms with Crippen molar-refractivity contribution >= 4 is 17.4 Å². The van der Waals surface area contributed by atoms with Gasteiger partial charge in [0.1, 0.15) is 0 Å². The van der Waals surface area contributed by atoms with Gasteiger partial charge >= 0.3 is 0 Å². The number of aryl methyl sites for hydroxylation is 1. The quantitative estimate of drug-likeness (QED) is 0.699. The lowest BCUT2D eigenvalue weighted by Crippen LogP contribution is -2.14. The number of halogens is 1. The Bertz CT molecular complexity index is 354. The van der Waals surface area contributed by atoms with E-state index in [4.69, 9.17) is 11.6 Å².